The summed E-state index contributed by atoms with van der Waals surface area (Å²) in [6, 6.07) is 9.26. The van der Waals surface area contributed by atoms with Crippen LogP contribution in [0.1, 0.15) is 18.4 Å². The SMILES string of the molecule is N#Cc1ccc(N)c(NC2(C#N)CC2)c1. The zero-order valence-electron chi connectivity index (χ0n) is 8.12. The van der Waals surface area contributed by atoms with Crippen LogP contribution >= 0.6 is 0 Å². The molecule has 1 aromatic rings. The molecule has 1 aromatic carbocycles. The Morgan fingerprint density at radius 1 is 1.33 bits per heavy atom. The van der Waals surface area contributed by atoms with Gasteiger partial charge in [-0.2, -0.15) is 10.5 Å². The Morgan fingerprint density at radius 3 is 2.60 bits per heavy atom. The topological polar surface area (TPSA) is 85.6 Å². The van der Waals surface area contributed by atoms with Gasteiger partial charge in [-0.3, -0.25) is 0 Å². The fraction of sp³-hybridized carbons (Fsp3) is 0.273. The summed E-state index contributed by atoms with van der Waals surface area (Å²) in [4.78, 5) is 0. The average Bonchev–Trinajstić information content (AvgIpc) is 3.02. The first kappa shape index (κ1) is 9.36. The molecule has 0 aromatic heterocycles. The van der Waals surface area contributed by atoms with E-state index in [9.17, 15) is 0 Å². The van der Waals surface area contributed by atoms with Crippen LogP contribution in [0.2, 0.25) is 0 Å². The Morgan fingerprint density at radius 2 is 2.07 bits per heavy atom. The van der Waals surface area contributed by atoms with Crippen LogP contribution in [0.15, 0.2) is 18.2 Å². The van der Waals surface area contributed by atoms with Crippen LogP contribution in [0.5, 0.6) is 0 Å². The van der Waals surface area contributed by atoms with Gasteiger partial charge >= 0.3 is 0 Å². The second kappa shape index (κ2) is 3.18. The number of nitriles is 2. The third-order valence-corrected chi connectivity index (χ3v) is 2.52. The van der Waals surface area contributed by atoms with Crippen LogP contribution in [0.4, 0.5) is 11.4 Å². The number of nitrogens with one attached hydrogen (secondary N) is 1. The number of anilines is 2. The summed E-state index contributed by atoms with van der Waals surface area (Å²) in [6.45, 7) is 0. The normalized spacial score (nSPS) is 16.1. The van der Waals surface area contributed by atoms with Crippen molar-refractivity contribution in [1.29, 1.82) is 10.5 Å². The summed E-state index contributed by atoms with van der Waals surface area (Å²) in [5.74, 6) is 0. The van der Waals surface area contributed by atoms with Gasteiger partial charge in [-0.15, -0.1) is 0 Å². The molecule has 1 aliphatic carbocycles. The van der Waals surface area contributed by atoms with Gasteiger partial charge in [0.15, 0.2) is 0 Å². The lowest BCUT2D eigenvalue weighted by Gasteiger charge is -2.13. The quantitative estimate of drug-likeness (QED) is 0.707. The zero-order valence-corrected chi connectivity index (χ0v) is 8.12. The molecule has 15 heavy (non-hydrogen) atoms. The minimum Gasteiger partial charge on any atom is -0.397 e. The van der Waals surface area contributed by atoms with E-state index >= 15 is 0 Å². The van der Waals surface area contributed by atoms with Crippen molar-refractivity contribution in [2.45, 2.75) is 18.4 Å². The minimum absolute atomic E-state index is 0.456. The molecule has 4 nitrogen and oxygen atoms in total. The van der Waals surface area contributed by atoms with E-state index in [0.29, 0.717) is 16.9 Å². The van der Waals surface area contributed by atoms with E-state index in [2.05, 4.69) is 11.4 Å². The van der Waals surface area contributed by atoms with Gasteiger partial charge in [0.2, 0.25) is 0 Å². The smallest absolute Gasteiger partial charge is 0.125 e. The number of benzene rings is 1. The molecule has 0 atom stereocenters. The van der Waals surface area contributed by atoms with E-state index in [4.69, 9.17) is 16.3 Å². The molecule has 2 rings (SSSR count). The van der Waals surface area contributed by atoms with Gasteiger partial charge in [-0.25, -0.2) is 0 Å². The van der Waals surface area contributed by atoms with E-state index < -0.39 is 5.54 Å². The molecule has 0 heterocycles. The molecule has 0 spiro atoms. The van der Waals surface area contributed by atoms with Crippen molar-refractivity contribution in [2.75, 3.05) is 11.1 Å². The van der Waals surface area contributed by atoms with E-state index in [1.54, 1.807) is 18.2 Å². The largest absolute Gasteiger partial charge is 0.397 e. The molecular formula is C11H10N4. The Hall–Kier alpha value is -2.20. The molecule has 1 aliphatic rings. The molecule has 4 heteroatoms. The second-order valence-corrected chi connectivity index (χ2v) is 3.73. The molecule has 0 amide bonds. The molecular weight excluding hydrogens is 188 g/mol. The lowest BCUT2D eigenvalue weighted by Crippen LogP contribution is -2.19. The van der Waals surface area contributed by atoms with Crippen molar-refractivity contribution >= 4 is 11.4 Å². The first-order valence-corrected chi connectivity index (χ1v) is 4.68. The molecule has 0 unspecified atom stereocenters. The maximum Gasteiger partial charge on any atom is 0.125 e. The van der Waals surface area contributed by atoms with Crippen LogP contribution < -0.4 is 11.1 Å². The van der Waals surface area contributed by atoms with Gasteiger partial charge in [-0.1, -0.05) is 0 Å². The summed E-state index contributed by atoms with van der Waals surface area (Å²) in [5, 5.41) is 20.7. The standard InChI is InChI=1S/C11H10N4/c12-6-8-1-2-9(14)10(5-8)15-11(7-13)3-4-11/h1-2,5,15H,3-4,14H2. The van der Waals surface area contributed by atoms with E-state index in [1.165, 1.54) is 0 Å². The van der Waals surface area contributed by atoms with Crippen molar-refractivity contribution in [3.05, 3.63) is 23.8 Å². The molecule has 3 N–H and O–H groups in total. The number of nitrogen functional groups attached to an aromatic ring is 1. The summed E-state index contributed by atoms with van der Waals surface area (Å²) in [7, 11) is 0. The summed E-state index contributed by atoms with van der Waals surface area (Å²) in [5.41, 5.74) is 7.08. The number of hydrogen-bond donors (Lipinski definition) is 2. The van der Waals surface area contributed by atoms with Crippen molar-refractivity contribution < 1.29 is 0 Å². The molecule has 0 saturated heterocycles. The van der Waals surface area contributed by atoms with Crippen LogP contribution in [-0.2, 0) is 0 Å². The first-order chi connectivity index (χ1) is 7.19. The Bertz CT molecular complexity index is 474. The Kier molecular flexibility index (Phi) is 1.98. The van der Waals surface area contributed by atoms with Crippen LogP contribution in [0, 0.1) is 22.7 Å². The molecule has 1 fully saturated rings. The van der Waals surface area contributed by atoms with Gasteiger partial charge in [-0.05, 0) is 31.0 Å². The molecule has 1 saturated carbocycles. The highest BCUT2D eigenvalue weighted by Crippen LogP contribution is 2.39. The van der Waals surface area contributed by atoms with Gasteiger partial charge in [0.1, 0.15) is 5.54 Å². The predicted molar refractivity (Wildman–Crippen MR) is 56.8 cm³/mol. The van der Waals surface area contributed by atoms with Crippen molar-refractivity contribution in [2.24, 2.45) is 0 Å². The Balaban J connectivity index is 2.29. The highest BCUT2D eigenvalue weighted by atomic mass is 15.0. The van der Waals surface area contributed by atoms with Gasteiger partial charge < -0.3 is 11.1 Å². The number of hydrogen-bond acceptors (Lipinski definition) is 4. The number of nitrogens with two attached hydrogens (primary N) is 1. The monoisotopic (exact) mass is 198 g/mol. The third kappa shape index (κ3) is 1.70. The zero-order chi connectivity index (χ0) is 10.9. The fourth-order valence-electron chi connectivity index (χ4n) is 1.38. The average molecular weight is 198 g/mol. The van der Waals surface area contributed by atoms with E-state index in [1.807, 2.05) is 6.07 Å². The van der Waals surface area contributed by atoms with Crippen molar-refractivity contribution in [1.82, 2.24) is 0 Å². The second-order valence-electron chi connectivity index (χ2n) is 3.73. The predicted octanol–water partition coefficient (Wildman–Crippen LogP) is 1.61. The molecule has 0 bridgehead atoms. The van der Waals surface area contributed by atoms with Crippen molar-refractivity contribution in [3.8, 4) is 12.1 Å². The van der Waals surface area contributed by atoms with Crippen LogP contribution in [-0.4, -0.2) is 5.54 Å². The molecule has 0 aliphatic heterocycles. The molecule has 0 radical (unpaired) electrons. The van der Waals surface area contributed by atoms with Crippen LogP contribution in [0.25, 0.3) is 0 Å². The fourth-order valence-corrected chi connectivity index (χ4v) is 1.38. The summed E-state index contributed by atoms with van der Waals surface area (Å²) >= 11 is 0. The summed E-state index contributed by atoms with van der Waals surface area (Å²) < 4.78 is 0. The number of nitrogens with zero attached hydrogens (tertiary/aromatic N) is 2. The van der Waals surface area contributed by atoms with Crippen LogP contribution in [0.3, 0.4) is 0 Å². The lowest BCUT2D eigenvalue weighted by atomic mass is 10.1. The lowest BCUT2D eigenvalue weighted by molar-refractivity contribution is 0.947. The highest BCUT2D eigenvalue weighted by Gasteiger charge is 2.43. The van der Waals surface area contributed by atoms with Crippen molar-refractivity contribution in [3.63, 3.8) is 0 Å². The number of rotatable bonds is 2. The van der Waals surface area contributed by atoms with Gasteiger partial charge in [0, 0.05) is 0 Å². The van der Waals surface area contributed by atoms with Gasteiger partial charge in [0.05, 0.1) is 29.1 Å². The molecule has 74 valence electrons. The third-order valence-electron chi connectivity index (χ3n) is 2.52. The van der Waals surface area contributed by atoms with E-state index in [-0.39, 0.29) is 0 Å². The minimum atomic E-state index is -0.456. The Labute approximate surface area is 87.9 Å². The first-order valence-electron chi connectivity index (χ1n) is 4.68. The maximum atomic E-state index is 8.92. The van der Waals surface area contributed by atoms with Gasteiger partial charge in [0.25, 0.3) is 0 Å². The highest BCUT2D eigenvalue weighted by molar-refractivity contribution is 5.70. The summed E-state index contributed by atoms with van der Waals surface area (Å²) in [6.07, 6.45) is 1.67. The van der Waals surface area contributed by atoms with E-state index in [0.717, 1.165) is 12.8 Å². The maximum absolute atomic E-state index is 8.92.